The summed E-state index contributed by atoms with van der Waals surface area (Å²) in [5, 5.41) is 0. The topological polar surface area (TPSA) is 52.6 Å². The third-order valence-corrected chi connectivity index (χ3v) is 3.85. The minimum absolute atomic E-state index is 0.0626. The molecule has 0 aromatic carbocycles. The van der Waals surface area contributed by atoms with Crippen molar-refractivity contribution < 1.29 is 19.1 Å². The number of allylic oxidation sites excluding steroid dienone is 1. The van der Waals surface area contributed by atoms with Crippen LogP contribution in [-0.2, 0) is 19.1 Å². The Labute approximate surface area is 141 Å². The maximum absolute atomic E-state index is 12.1. The van der Waals surface area contributed by atoms with Crippen LogP contribution in [0.3, 0.4) is 0 Å². The molecule has 0 aromatic heterocycles. The number of esters is 1. The minimum atomic E-state index is -0.289. The van der Waals surface area contributed by atoms with Gasteiger partial charge in [0.15, 0.2) is 0 Å². The predicted molar refractivity (Wildman–Crippen MR) is 93.4 cm³/mol. The molecule has 0 bridgehead atoms. The summed E-state index contributed by atoms with van der Waals surface area (Å²) in [5.41, 5.74) is 0. The van der Waals surface area contributed by atoms with Gasteiger partial charge in [-0.25, -0.2) is 0 Å². The van der Waals surface area contributed by atoms with Crippen molar-refractivity contribution in [3.05, 3.63) is 12.7 Å². The van der Waals surface area contributed by atoms with Gasteiger partial charge in [-0.05, 0) is 39.0 Å². The Morgan fingerprint density at radius 1 is 1.04 bits per heavy atom. The standard InChI is InChI=1S/C19H34O4/c1-5-7-9-11-13-18(14-16(3)20)23-19(21)15-17(22-4)12-10-8-6-2/h6,17-18H,2,5,7-15H2,1,3-4H3. The quantitative estimate of drug-likeness (QED) is 0.250. The molecule has 0 aliphatic rings. The van der Waals surface area contributed by atoms with Crippen molar-refractivity contribution in [2.45, 2.75) is 90.3 Å². The van der Waals surface area contributed by atoms with E-state index in [2.05, 4.69) is 13.5 Å². The molecule has 0 aromatic rings. The zero-order chi connectivity index (χ0) is 17.5. The monoisotopic (exact) mass is 326 g/mol. The van der Waals surface area contributed by atoms with Crippen LogP contribution in [0.5, 0.6) is 0 Å². The largest absolute Gasteiger partial charge is 0.462 e. The lowest BCUT2D eigenvalue weighted by atomic mass is 10.0. The van der Waals surface area contributed by atoms with Gasteiger partial charge in [0.25, 0.3) is 0 Å². The first kappa shape index (κ1) is 21.8. The van der Waals surface area contributed by atoms with Gasteiger partial charge in [-0.2, -0.15) is 0 Å². The molecule has 0 aliphatic carbocycles. The lowest BCUT2D eigenvalue weighted by Gasteiger charge is -2.19. The maximum atomic E-state index is 12.1. The molecule has 0 fully saturated rings. The Kier molecular flexibility index (Phi) is 13.7. The Morgan fingerprint density at radius 3 is 2.30 bits per heavy atom. The summed E-state index contributed by atoms with van der Waals surface area (Å²) in [4.78, 5) is 23.4. The molecular formula is C19H34O4. The van der Waals surface area contributed by atoms with E-state index < -0.39 is 0 Å². The molecule has 0 rings (SSSR count). The average molecular weight is 326 g/mol. The van der Waals surface area contributed by atoms with Gasteiger partial charge >= 0.3 is 5.97 Å². The van der Waals surface area contributed by atoms with Crippen molar-refractivity contribution in [2.24, 2.45) is 0 Å². The van der Waals surface area contributed by atoms with Crippen LogP contribution in [0, 0.1) is 0 Å². The van der Waals surface area contributed by atoms with E-state index in [0.29, 0.717) is 6.42 Å². The highest BCUT2D eigenvalue weighted by molar-refractivity contribution is 5.77. The Hall–Kier alpha value is -1.16. The van der Waals surface area contributed by atoms with Crippen molar-refractivity contribution in [2.75, 3.05) is 7.11 Å². The summed E-state index contributed by atoms with van der Waals surface area (Å²) in [6.45, 7) is 7.39. The predicted octanol–water partition coefficient (Wildman–Crippen LogP) is 4.61. The lowest BCUT2D eigenvalue weighted by Crippen LogP contribution is -2.24. The molecule has 0 saturated heterocycles. The van der Waals surface area contributed by atoms with Crippen molar-refractivity contribution in [3.63, 3.8) is 0 Å². The van der Waals surface area contributed by atoms with Crippen molar-refractivity contribution >= 4 is 11.8 Å². The number of methoxy groups -OCH3 is 1. The number of hydrogen-bond donors (Lipinski definition) is 0. The lowest BCUT2D eigenvalue weighted by molar-refractivity contribution is -0.153. The number of ether oxygens (including phenoxy) is 2. The maximum Gasteiger partial charge on any atom is 0.308 e. The highest BCUT2D eigenvalue weighted by Crippen LogP contribution is 2.15. The minimum Gasteiger partial charge on any atom is -0.462 e. The molecule has 23 heavy (non-hydrogen) atoms. The number of hydrogen-bond acceptors (Lipinski definition) is 4. The van der Waals surface area contributed by atoms with Crippen LogP contribution in [0.1, 0.15) is 78.1 Å². The number of Topliss-reactive ketones (excluding diaryl/α,β-unsaturated/α-hetero) is 1. The Morgan fingerprint density at radius 2 is 1.74 bits per heavy atom. The van der Waals surface area contributed by atoms with Gasteiger partial charge in [0.2, 0.25) is 0 Å². The summed E-state index contributed by atoms with van der Waals surface area (Å²) in [5.74, 6) is -0.204. The van der Waals surface area contributed by atoms with Gasteiger partial charge in [0, 0.05) is 13.5 Å². The smallest absolute Gasteiger partial charge is 0.308 e. The molecule has 2 atom stereocenters. The third kappa shape index (κ3) is 13.0. The highest BCUT2D eigenvalue weighted by Gasteiger charge is 2.19. The molecule has 0 saturated carbocycles. The second-order valence-corrected chi connectivity index (χ2v) is 6.15. The first-order chi connectivity index (χ1) is 11.0. The van der Waals surface area contributed by atoms with E-state index in [1.54, 1.807) is 14.0 Å². The summed E-state index contributed by atoms with van der Waals surface area (Å²) in [6, 6.07) is 0. The van der Waals surface area contributed by atoms with E-state index in [0.717, 1.165) is 44.9 Å². The van der Waals surface area contributed by atoms with Gasteiger partial charge in [0.1, 0.15) is 11.9 Å². The molecule has 0 radical (unpaired) electrons. The van der Waals surface area contributed by atoms with E-state index in [1.807, 2.05) is 6.08 Å². The van der Waals surface area contributed by atoms with Crippen molar-refractivity contribution in [3.8, 4) is 0 Å². The second-order valence-electron chi connectivity index (χ2n) is 6.15. The number of unbranched alkanes of at least 4 members (excludes halogenated alkanes) is 4. The van der Waals surface area contributed by atoms with E-state index in [1.165, 1.54) is 6.42 Å². The Bertz CT molecular complexity index is 338. The van der Waals surface area contributed by atoms with Gasteiger partial charge < -0.3 is 9.47 Å². The van der Waals surface area contributed by atoms with Crippen LogP contribution in [0.25, 0.3) is 0 Å². The Balaban J connectivity index is 4.26. The van der Waals surface area contributed by atoms with Crippen LogP contribution >= 0.6 is 0 Å². The first-order valence-electron chi connectivity index (χ1n) is 8.86. The second kappa shape index (κ2) is 14.4. The zero-order valence-electron chi connectivity index (χ0n) is 15.1. The van der Waals surface area contributed by atoms with E-state index in [-0.39, 0.29) is 30.4 Å². The van der Waals surface area contributed by atoms with E-state index >= 15 is 0 Å². The van der Waals surface area contributed by atoms with E-state index in [9.17, 15) is 9.59 Å². The summed E-state index contributed by atoms with van der Waals surface area (Å²) in [7, 11) is 1.61. The fourth-order valence-corrected chi connectivity index (χ4v) is 2.54. The van der Waals surface area contributed by atoms with E-state index in [4.69, 9.17) is 9.47 Å². The number of carbonyl (C=O) groups excluding carboxylic acids is 2. The van der Waals surface area contributed by atoms with Crippen LogP contribution in [0.4, 0.5) is 0 Å². The molecular weight excluding hydrogens is 292 g/mol. The summed E-state index contributed by atoms with van der Waals surface area (Å²) in [6.07, 6.45) is 9.90. The number of rotatable bonds is 15. The molecule has 134 valence electrons. The van der Waals surface area contributed by atoms with Gasteiger partial charge in [-0.15, -0.1) is 6.58 Å². The fourth-order valence-electron chi connectivity index (χ4n) is 2.54. The molecule has 0 aliphatic heterocycles. The molecule has 0 spiro atoms. The summed E-state index contributed by atoms with van der Waals surface area (Å²) < 4.78 is 10.9. The van der Waals surface area contributed by atoms with Gasteiger partial charge in [-0.3, -0.25) is 9.59 Å². The molecule has 4 nitrogen and oxygen atoms in total. The summed E-state index contributed by atoms with van der Waals surface area (Å²) >= 11 is 0. The van der Waals surface area contributed by atoms with Crippen LogP contribution in [0.2, 0.25) is 0 Å². The number of ketones is 1. The van der Waals surface area contributed by atoms with Crippen LogP contribution < -0.4 is 0 Å². The van der Waals surface area contributed by atoms with Gasteiger partial charge in [-0.1, -0.05) is 32.3 Å². The molecule has 0 amide bonds. The average Bonchev–Trinajstić information content (AvgIpc) is 2.50. The normalized spacial score (nSPS) is 13.3. The van der Waals surface area contributed by atoms with Crippen LogP contribution in [0.15, 0.2) is 12.7 Å². The van der Waals surface area contributed by atoms with Crippen molar-refractivity contribution in [1.82, 2.24) is 0 Å². The zero-order valence-corrected chi connectivity index (χ0v) is 15.1. The molecule has 4 heteroatoms. The highest BCUT2D eigenvalue weighted by atomic mass is 16.5. The fraction of sp³-hybridized carbons (Fsp3) is 0.789. The molecule has 0 heterocycles. The van der Waals surface area contributed by atoms with Crippen molar-refractivity contribution in [1.29, 1.82) is 0 Å². The van der Waals surface area contributed by atoms with Gasteiger partial charge in [0.05, 0.1) is 12.5 Å². The SMILES string of the molecule is C=CCCCC(CC(=O)OC(CCCCCC)CC(C)=O)OC. The molecule has 0 N–H and O–H groups in total. The van der Waals surface area contributed by atoms with Crippen LogP contribution in [-0.4, -0.2) is 31.1 Å². The first-order valence-corrected chi connectivity index (χ1v) is 8.86. The third-order valence-electron chi connectivity index (χ3n) is 3.85. The number of carbonyl (C=O) groups is 2. The molecule has 2 unspecified atom stereocenters.